The van der Waals surface area contributed by atoms with Gasteiger partial charge in [-0.2, -0.15) is 0 Å². The van der Waals surface area contributed by atoms with Crippen molar-refractivity contribution in [2.24, 2.45) is 0 Å². The number of ether oxygens (including phenoxy) is 1. The van der Waals surface area contributed by atoms with Crippen LogP contribution in [0, 0.1) is 0 Å². The maximum atomic E-state index is 11.5. The van der Waals surface area contributed by atoms with Crippen molar-refractivity contribution in [3.63, 3.8) is 0 Å². The highest BCUT2D eigenvalue weighted by Crippen LogP contribution is 2.25. The van der Waals surface area contributed by atoms with Gasteiger partial charge in [0.15, 0.2) is 11.5 Å². The number of carbonyl (C=O) groups is 1. The molecule has 0 radical (unpaired) electrons. The Morgan fingerprint density at radius 2 is 2.00 bits per heavy atom. The van der Waals surface area contributed by atoms with Crippen molar-refractivity contribution in [3.8, 4) is 0 Å². The fraction of sp³-hybridized carbons (Fsp3) is 0.250. The molecule has 1 aromatic carbocycles. The van der Waals surface area contributed by atoms with Crippen LogP contribution < -0.4 is 11.1 Å². The number of rotatable bonds is 5. The minimum atomic E-state index is -0.481. The Hall–Kier alpha value is -2.56. The average Bonchev–Trinajstić information content (AvgIpc) is 2.54. The summed E-state index contributed by atoms with van der Waals surface area (Å²) in [6.45, 7) is 2.07. The number of aromatic nitrogens is 1. The summed E-state index contributed by atoms with van der Waals surface area (Å²) in [5, 5.41) is 3.29. The lowest BCUT2D eigenvalue weighted by atomic mass is 10.0. The van der Waals surface area contributed by atoms with Crippen LogP contribution in [0.15, 0.2) is 42.5 Å². The molecule has 110 valence electrons. The number of nitrogen functional groups attached to an aromatic ring is 1. The molecule has 1 heterocycles. The summed E-state index contributed by atoms with van der Waals surface area (Å²) in [4.78, 5) is 15.8. The van der Waals surface area contributed by atoms with Gasteiger partial charge in [-0.15, -0.1) is 0 Å². The fourth-order valence-electron chi connectivity index (χ4n) is 2.08. The Balaban J connectivity index is 2.27. The van der Waals surface area contributed by atoms with Crippen LogP contribution in [0.3, 0.4) is 0 Å². The maximum Gasteiger partial charge on any atom is 0.356 e. The van der Waals surface area contributed by atoms with Crippen LogP contribution in [0.4, 0.5) is 11.5 Å². The van der Waals surface area contributed by atoms with E-state index in [0.29, 0.717) is 11.5 Å². The average molecular weight is 285 g/mol. The molecule has 21 heavy (non-hydrogen) atoms. The third kappa shape index (κ3) is 3.51. The molecule has 0 fully saturated rings. The lowest BCUT2D eigenvalue weighted by Crippen LogP contribution is -2.14. The molecular weight excluding hydrogens is 266 g/mol. The number of anilines is 2. The third-order valence-electron chi connectivity index (χ3n) is 3.24. The smallest absolute Gasteiger partial charge is 0.356 e. The van der Waals surface area contributed by atoms with Crippen LogP contribution in [0.25, 0.3) is 0 Å². The van der Waals surface area contributed by atoms with Crippen LogP contribution >= 0.6 is 0 Å². The van der Waals surface area contributed by atoms with Crippen molar-refractivity contribution in [1.82, 2.24) is 4.98 Å². The van der Waals surface area contributed by atoms with E-state index in [-0.39, 0.29) is 11.7 Å². The number of nitrogens with zero attached hydrogens (tertiary/aromatic N) is 1. The first-order valence-corrected chi connectivity index (χ1v) is 6.82. The Labute approximate surface area is 124 Å². The van der Waals surface area contributed by atoms with Crippen molar-refractivity contribution in [1.29, 1.82) is 0 Å². The second kappa shape index (κ2) is 6.74. The second-order valence-corrected chi connectivity index (χ2v) is 4.64. The lowest BCUT2D eigenvalue weighted by molar-refractivity contribution is 0.0594. The van der Waals surface area contributed by atoms with Crippen molar-refractivity contribution in [2.75, 3.05) is 18.2 Å². The molecule has 0 saturated carbocycles. The zero-order valence-electron chi connectivity index (χ0n) is 12.2. The number of esters is 1. The Morgan fingerprint density at radius 1 is 1.29 bits per heavy atom. The third-order valence-corrected chi connectivity index (χ3v) is 3.24. The summed E-state index contributed by atoms with van der Waals surface area (Å²) in [6, 6.07) is 13.3. The minimum Gasteiger partial charge on any atom is -0.464 e. The number of hydrogen-bond donors (Lipinski definition) is 2. The van der Waals surface area contributed by atoms with E-state index < -0.39 is 5.97 Å². The minimum absolute atomic E-state index is 0.0777. The van der Waals surface area contributed by atoms with Gasteiger partial charge < -0.3 is 15.8 Å². The summed E-state index contributed by atoms with van der Waals surface area (Å²) in [5.74, 6) is 0.0133. The first kappa shape index (κ1) is 14.8. The standard InChI is InChI=1S/C16H19N3O2/c1-3-13(11-7-5-4-6-8-11)18-15-12(17)9-10-14(19-15)16(20)21-2/h4-10,13H,3,17H2,1-2H3,(H,18,19). The first-order valence-electron chi connectivity index (χ1n) is 6.82. The molecule has 2 rings (SSSR count). The molecule has 5 heteroatoms. The highest BCUT2D eigenvalue weighted by Gasteiger charge is 2.14. The van der Waals surface area contributed by atoms with Gasteiger partial charge in [0.2, 0.25) is 0 Å². The molecule has 0 aliphatic carbocycles. The predicted octanol–water partition coefficient (Wildman–Crippen LogP) is 3.01. The number of nitrogens with one attached hydrogen (secondary N) is 1. The molecule has 5 nitrogen and oxygen atoms in total. The van der Waals surface area contributed by atoms with Gasteiger partial charge >= 0.3 is 5.97 Å². The second-order valence-electron chi connectivity index (χ2n) is 4.64. The maximum absolute atomic E-state index is 11.5. The highest BCUT2D eigenvalue weighted by atomic mass is 16.5. The largest absolute Gasteiger partial charge is 0.464 e. The quantitative estimate of drug-likeness (QED) is 0.826. The molecule has 0 saturated heterocycles. The summed E-state index contributed by atoms with van der Waals surface area (Å²) in [7, 11) is 1.33. The molecule has 1 unspecified atom stereocenters. The predicted molar refractivity (Wildman–Crippen MR) is 83.1 cm³/mol. The van der Waals surface area contributed by atoms with E-state index in [2.05, 4.69) is 22.0 Å². The van der Waals surface area contributed by atoms with Gasteiger partial charge in [-0.1, -0.05) is 37.3 Å². The van der Waals surface area contributed by atoms with Crippen molar-refractivity contribution in [2.45, 2.75) is 19.4 Å². The molecule has 0 aliphatic heterocycles. The van der Waals surface area contributed by atoms with E-state index in [9.17, 15) is 4.79 Å². The number of hydrogen-bond acceptors (Lipinski definition) is 5. The van der Waals surface area contributed by atoms with Crippen LogP contribution in [-0.2, 0) is 4.74 Å². The van der Waals surface area contributed by atoms with Crippen molar-refractivity contribution in [3.05, 3.63) is 53.7 Å². The number of benzene rings is 1. The monoisotopic (exact) mass is 285 g/mol. The van der Waals surface area contributed by atoms with Gasteiger partial charge in [-0.3, -0.25) is 0 Å². The van der Waals surface area contributed by atoms with Crippen LogP contribution in [-0.4, -0.2) is 18.1 Å². The Morgan fingerprint density at radius 3 is 2.62 bits per heavy atom. The number of methoxy groups -OCH3 is 1. The first-order chi connectivity index (χ1) is 10.2. The molecule has 1 aromatic heterocycles. The van der Waals surface area contributed by atoms with Gasteiger partial charge in [0.05, 0.1) is 18.8 Å². The van der Waals surface area contributed by atoms with Gasteiger partial charge in [0.25, 0.3) is 0 Å². The van der Waals surface area contributed by atoms with E-state index in [0.717, 1.165) is 12.0 Å². The molecule has 3 N–H and O–H groups in total. The summed E-state index contributed by atoms with van der Waals surface area (Å²) < 4.78 is 4.68. The van der Waals surface area contributed by atoms with E-state index in [1.54, 1.807) is 12.1 Å². The van der Waals surface area contributed by atoms with Gasteiger partial charge in [-0.25, -0.2) is 9.78 Å². The van der Waals surface area contributed by atoms with E-state index in [4.69, 9.17) is 5.73 Å². The normalized spacial score (nSPS) is 11.7. The van der Waals surface area contributed by atoms with Gasteiger partial charge in [0, 0.05) is 0 Å². The Bertz CT molecular complexity index is 614. The summed E-state index contributed by atoms with van der Waals surface area (Å²) in [5.41, 5.74) is 7.81. The van der Waals surface area contributed by atoms with E-state index in [1.807, 2.05) is 30.3 Å². The van der Waals surface area contributed by atoms with Gasteiger partial charge in [-0.05, 0) is 24.1 Å². The van der Waals surface area contributed by atoms with E-state index in [1.165, 1.54) is 7.11 Å². The number of pyridine rings is 1. The SMILES string of the molecule is CCC(Nc1nc(C(=O)OC)ccc1N)c1ccccc1. The zero-order chi connectivity index (χ0) is 15.2. The number of carbonyl (C=O) groups excluding carboxylic acids is 1. The number of nitrogens with two attached hydrogens (primary N) is 1. The van der Waals surface area contributed by atoms with Crippen molar-refractivity contribution < 1.29 is 9.53 Å². The van der Waals surface area contributed by atoms with Gasteiger partial charge in [0.1, 0.15) is 0 Å². The highest BCUT2D eigenvalue weighted by molar-refractivity contribution is 5.88. The molecule has 0 aliphatic rings. The van der Waals surface area contributed by atoms with Crippen molar-refractivity contribution >= 4 is 17.5 Å². The molecular formula is C16H19N3O2. The zero-order valence-corrected chi connectivity index (χ0v) is 12.2. The fourth-order valence-corrected chi connectivity index (χ4v) is 2.08. The van der Waals surface area contributed by atoms with Crippen LogP contribution in [0.1, 0.15) is 35.4 Å². The molecule has 0 spiro atoms. The Kier molecular flexibility index (Phi) is 4.77. The molecule has 0 bridgehead atoms. The van der Waals surface area contributed by atoms with Crippen LogP contribution in [0.2, 0.25) is 0 Å². The topological polar surface area (TPSA) is 77.2 Å². The molecule has 0 amide bonds. The van der Waals surface area contributed by atoms with Crippen LogP contribution in [0.5, 0.6) is 0 Å². The molecule has 2 aromatic rings. The summed E-state index contributed by atoms with van der Waals surface area (Å²) >= 11 is 0. The summed E-state index contributed by atoms with van der Waals surface area (Å²) in [6.07, 6.45) is 0.869. The van der Waals surface area contributed by atoms with E-state index >= 15 is 0 Å². The lowest BCUT2D eigenvalue weighted by Gasteiger charge is -2.19. The molecule has 1 atom stereocenters.